The second-order valence-corrected chi connectivity index (χ2v) is 9.54. The molecule has 4 heterocycles. The van der Waals surface area contributed by atoms with Gasteiger partial charge in [0.25, 0.3) is 11.8 Å². The van der Waals surface area contributed by atoms with Crippen LogP contribution in [-0.4, -0.2) is 60.7 Å². The molecule has 0 aromatic heterocycles. The van der Waals surface area contributed by atoms with Crippen LogP contribution >= 0.6 is 0 Å². The molecule has 4 amide bonds. The van der Waals surface area contributed by atoms with Gasteiger partial charge in [0, 0.05) is 25.2 Å². The first-order valence-corrected chi connectivity index (χ1v) is 12.8. The Morgan fingerprint density at radius 1 is 0.853 bits per heavy atom. The van der Waals surface area contributed by atoms with Gasteiger partial charge in [-0.2, -0.15) is 0 Å². The second-order valence-electron chi connectivity index (χ2n) is 9.54. The number of imide groups is 2. The van der Waals surface area contributed by atoms with E-state index in [0.29, 0.717) is 11.1 Å². The van der Waals surface area contributed by atoms with Crippen molar-refractivity contribution in [1.29, 1.82) is 0 Å². The van der Waals surface area contributed by atoms with Crippen molar-refractivity contribution in [1.82, 2.24) is 15.5 Å². The van der Waals surface area contributed by atoms with Gasteiger partial charge >= 0.3 is 0 Å². The van der Waals surface area contributed by atoms with E-state index in [-0.39, 0.29) is 18.7 Å². The average molecular weight is 469 g/mol. The molecule has 3 saturated heterocycles. The molecule has 3 fully saturated rings. The summed E-state index contributed by atoms with van der Waals surface area (Å²) in [5.41, 5.74) is 1.65. The number of hydrogen-bond donors (Lipinski definition) is 2. The smallest absolute Gasteiger partial charge is 0.262 e. The number of carbonyl (C=O) groups is 4. The highest BCUT2D eigenvalue weighted by molar-refractivity contribution is 6.23. The summed E-state index contributed by atoms with van der Waals surface area (Å²) >= 11 is 0. The van der Waals surface area contributed by atoms with Crippen molar-refractivity contribution in [3.05, 3.63) is 29.3 Å². The van der Waals surface area contributed by atoms with Crippen LogP contribution in [0, 0.1) is 11.8 Å². The standard InChI is InChI=1S/C24H30N4O4.C2H6/c29-21-4-3-20(22(30)26-21)28-23(31)18-2-1-17(14-19(18)24(28)32)27-11-7-16(8-12-27)13-15-5-9-25-10-6-15;1-2/h1-2,14-16,20,25H,3-13H2,(H,26,29,30);1-2H3. The number of amides is 4. The minimum atomic E-state index is -0.922. The van der Waals surface area contributed by atoms with Gasteiger partial charge in [-0.1, -0.05) is 13.8 Å². The molecule has 0 bridgehead atoms. The van der Waals surface area contributed by atoms with Crippen LogP contribution in [0.1, 0.15) is 79.5 Å². The Labute approximate surface area is 201 Å². The van der Waals surface area contributed by atoms with Crippen LogP contribution < -0.4 is 15.5 Å². The number of nitrogens with zero attached hydrogens (tertiary/aromatic N) is 2. The topological polar surface area (TPSA) is 98.8 Å². The van der Waals surface area contributed by atoms with Crippen molar-refractivity contribution in [3.8, 4) is 0 Å². The molecule has 1 aromatic carbocycles. The molecule has 4 aliphatic rings. The summed E-state index contributed by atoms with van der Waals surface area (Å²) in [4.78, 5) is 52.9. The molecule has 1 aromatic rings. The van der Waals surface area contributed by atoms with Crippen molar-refractivity contribution in [3.63, 3.8) is 0 Å². The zero-order chi connectivity index (χ0) is 24.2. The summed E-state index contributed by atoms with van der Waals surface area (Å²) in [5.74, 6) is -0.237. The van der Waals surface area contributed by atoms with Gasteiger partial charge in [0.05, 0.1) is 11.1 Å². The molecule has 2 N–H and O–H groups in total. The Hall–Kier alpha value is -2.74. The first-order chi connectivity index (χ1) is 16.5. The summed E-state index contributed by atoms with van der Waals surface area (Å²) < 4.78 is 0. The number of carbonyl (C=O) groups excluding carboxylic acids is 4. The average Bonchev–Trinajstić information content (AvgIpc) is 3.11. The minimum Gasteiger partial charge on any atom is -0.371 e. The molecule has 34 heavy (non-hydrogen) atoms. The van der Waals surface area contributed by atoms with Gasteiger partial charge in [0.2, 0.25) is 11.8 Å². The van der Waals surface area contributed by atoms with E-state index in [0.717, 1.165) is 61.4 Å². The lowest BCUT2D eigenvalue weighted by molar-refractivity contribution is -0.136. The molecule has 0 radical (unpaired) electrons. The highest BCUT2D eigenvalue weighted by Gasteiger charge is 2.44. The Morgan fingerprint density at radius 3 is 2.18 bits per heavy atom. The van der Waals surface area contributed by atoms with Crippen molar-refractivity contribution < 1.29 is 19.2 Å². The molecule has 0 spiro atoms. The van der Waals surface area contributed by atoms with Crippen molar-refractivity contribution in [2.45, 2.75) is 64.8 Å². The number of hydrogen-bond acceptors (Lipinski definition) is 6. The molecule has 1 atom stereocenters. The van der Waals surface area contributed by atoms with Crippen molar-refractivity contribution in [2.75, 3.05) is 31.1 Å². The van der Waals surface area contributed by atoms with Gasteiger partial charge in [-0.3, -0.25) is 29.4 Å². The molecule has 8 heteroatoms. The fourth-order valence-corrected chi connectivity index (χ4v) is 5.67. The minimum absolute atomic E-state index is 0.126. The Balaban J connectivity index is 0.00000133. The largest absolute Gasteiger partial charge is 0.371 e. The van der Waals surface area contributed by atoms with E-state index < -0.39 is 23.8 Å². The van der Waals surface area contributed by atoms with Crippen LogP contribution in [0.2, 0.25) is 0 Å². The highest BCUT2D eigenvalue weighted by atomic mass is 16.2. The third-order valence-corrected chi connectivity index (χ3v) is 7.53. The van der Waals surface area contributed by atoms with E-state index in [2.05, 4.69) is 15.5 Å². The molecule has 8 nitrogen and oxygen atoms in total. The van der Waals surface area contributed by atoms with E-state index in [9.17, 15) is 19.2 Å². The van der Waals surface area contributed by atoms with E-state index in [4.69, 9.17) is 0 Å². The fraction of sp³-hybridized carbons (Fsp3) is 0.615. The molecule has 184 valence electrons. The summed E-state index contributed by atoms with van der Waals surface area (Å²) in [5, 5.41) is 5.67. The van der Waals surface area contributed by atoms with Gasteiger partial charge in [-0.15, -0.1) is 0 Å². The maximum Gasteiger partial charge on any atom is 0.262 e. The number of piperidine rings is 3. The van der Waals surface area contributed by atoms with E-state index >= 15 is 0 Å². The maximum atomic E-state index is 13.1. The zero-order valence-electron chi connectivity index (χ0n) is 20.3. The second kappa shape index (κ2) is 10.7. The van der Waals surface area contributed by atoms with Gasteiger partial charge in [-0.25, -0.2) is 0 Å². The van der Waals surface area contributed by atoms with Crippen molar-refractivity contribution in [2.24, 2.45) is 11.8 Å². The molecule has 0 aliphatic carbocycles. The van der Waals surface area contributed by atoms with E-state index in [1.54, 1.807) is 12.1 Å². The fourth-order valence-electron chi connectivity index (χ4n) is 5.67. The zero-order valence-corrected chi connectivity index (χ0v) is 20.3. The van der Waals surface area contributed by atoms with Gasteiger partial charge in [-0.05, 0) is 81.6 Å². The lowest BCUT2D eigenvalue weighted by atomic mass is 9.83. The molecule has 4 aliphatic heterocycles. The predicted molar refractivity (Wildman–Crippen MR) is 130 cm³/mol. The van der Waals surface area contributed by atoms with Crippen LogP contribution in [0.5, 0.6) is 0 Å². The van der Waals surface area contributed by atoms with E-state index in [1.807, 2.05) is 19.9 Å². The number of rotatable bonds is 4. The SMILES string of the molecule is CC.O=C1CCC(N2C(=O)c3ccc(N4CCC(CC5CCNCC5)CC4)cc3C2=O)C(=O)N1. The quantitative estimate of drug-likeness (QED) is 0.660. The molecule has 0 saturated carbocycles. The molecular weight excluding hydrogens is 432 g/mol. The maximum absolute atomic E-state index is 13.1. The van der Waals surface area contributed by atoms with Gasteiger partial charge in [0.15, 0.2) is 0 Å². The Morgan fingerprint density at radius 2 is 1.50 bits per heavy atom. The van der Waals surface area contributed by atoms with Crippen molar-refractivity contribution >= 4 is 29.3 Å². The van der Waals surface area contributed by atoms with Crippen LogP contribution in [0.4, 0.5) is 5.69 Å². The third-order valence-electron chi connectivity index (χ3n) is 7.53. The van der Waals surface area contributed by atoms with Crippen LogP contribution in [0.25, 0.3) is 0 Å². The van der Waals surface area contributed by atoms with Gasteiger partial charge in [0.1, 0.15) is 6.04 Å². The first-order valence-electron chi connectivity index (χ1n) is 12.8. The molecule has 1 unspecified atom stereocenters. The van der Waals surface area contributed by atoms with Crippen LogP contribution in [0.15, 0.2) is 18.2 Å². The first kappa shape index (κ1) is 24.4. The number of benzene rings is 1. The van der Waals surface area contributed by atoms with Gasteiger partial charge < -0.3 is 10.2 Å². The summed E-state index contributed by atoms with van der Waals surface area (Å²) in [6, 6.07) is 4.49. The molecular formula is C26H36N4O4. The monoisotopic (exact) mass is 468 g/mol. The highest BCUT2D eigenvalue weighted by Crippen LogP contribution is 2.34. The Bertz CT molecular complexity index is 948. The lowest BCUT2D eigenvalue weighted by Gasteiger charge is -2.36. The van der Waals surface area contributed by atoms with Crippen LogP contribution in [0.3, 0.4) is 0 Å². The Kier molecular flexibility index (Phi) is 7.66. The lowest BCUT2D eigenvalue weighted by Crippen LogP contribution is -2.54. The number of fused-ring (bicyclic) bond motifs is 1. The van der Waals surface area contributed by atoms with Crippen LogP contribution in [-0.2, 0) is 9.59 Å². The summed E-state index contributed by atoms with van der Waals surface area (Å²) in [7, 11) is 0. The van der Waals surface area contributed by atoms with E-state index in [1.165, 1.54) is 19.3 Å². The predicted octanol–water partition coefficient (Wildman–Crippen LogP) is 2.72. The third kappa shape index (κ3) is 4.87. The normalized spacial score (nSPS) is 24.0. The number of anilines is 1. The molecule has 5 rings (SSSR count). The summed E-state index contributed by atoms with van der Waals surface area (Å²) in [6.07, 6.45) is 6.48. The number of nitrogens with one attached hydrogen (secondary N) is 2. The summed E-state index contributed by atoms with van der Waals surface area (Å²) in [6.45, 7) is 8.18.